The van der Waals surface area contributed by atoms with Gasteiger partial charge < -0.3 is 15.4 Å². The van der Waals surface area contributed by atoms with Gasteiger partial charge in [-0.2, -0.15) is 0 Å². The van der Waals surface area contributed by atoms with Gasteiger partial charge in [-0.3, -0.25) is 4.79 Å². The van der Waals surface area contributed by atoms with Gasteiger partial charge in [0.2, 0.25) is 0 Å². The second kappa shape index (κ2) is 5.95. The Labute approximate surface area is 114 Å². The minimum absolute atomic E-state index is 0.0299. The number of carbonyl (C=O) groups is 1. The Hall–Kier alpha value is -1.71. The number of nitrogens with zero attached hydrogens (tertiary/aromatic N) is 1. The molecule has 104 valence electrons. The van der Waals surface area contributed by atoms with Gasteiger partial charge in [0.15, 0.2) is 0 Å². The lowest BCUT2D eigenvalue weighted by Crippen LogP contribution is -2.39. The molecule has 0 aromatic heterocycles. The number of anilines is 1. The van der Waals surface area contributed by atoms with Gasteiger partial charge >= 0.3 is 0 Å². The molecule has 1 aromatic carbocycles. The lowest BCUT2D eigenvalue weighted by molar-refractivity contribution is 0.0679. The van der Waals surface area contributed by atoms with Crippen molar-refractivity contribution in [1.82, 2.24) is 4.90 Å². The quantitative estimate of drug-likeness (QED) is 0.852. The van der Waals surface area contributed by atoms with E-state index in [4.69, 9.17) is 10.5 Å². The minimum Gasteiger partial charge on any atom is -0.493 e. The first-order valence-corrected chi connectivity index (χ1v) is 6.93. The maximum atomic E-state index is 12.6. The summed E-state index contributed by atoms with van der Waals surface area (Å²) in [6.45, 7) is 6.28. The monoisotopic (exact) mass is 262 g/mol. The van der Waals surface area contributed by atoms with Crippen molar-refractivity contribution in [2.75, 3.05) is 25.4 Å². The van der Waals surface area contributed by atoms with Crippen molar-refractivity contribution in [1.29, 1.82) is 0 Å². The summed E-state index contributed by atoms with van der Waals surface area (Å²) < 4.78 is 5.53. The highest BCUT2D eigenvalue weighted by molar-refractivity contribution is 5.97. The van der Waals surface area contributed by atoms with E-state index < -0.39 is 0 Å². The molecule has 1 atom stereocenters. The minimum atomic E-state index is 0.0299. The Morgan fingerprint density at radius 1 is 1.53 bits per heavy atom. The number of hydrogen-bond acceptors (Lipinski definition) is 3. The maximum absolute atomic E-state index is 12.6. The third kappa shape index (κ3) is 3.19. The summed E-state index contributed by atoms with van der Waals surface area (Å²) in [7, 11) is 0. The van der Waals surface area contributed by atoms with Crippen molar-refractivity contribution in [3.8, 4) is 5.75 Å². The Balaban J connectivity index is 2.24. The van der Waals surface area contributed by atoms with E-state index in [1.165, 1.54) is 6.42 Å². The van der Waals surface area contributed by atoms with Crippen molar-refractivity contribution in [3.05, 3.63) is 23.8 Å². The number of carbonyl (C=O) groups excluding carboxylic acids is 1. The molecule has 1 amide bonds. The van der Waals surface area contributed by atoms with Gasteiger partial charge in [-0.1, -0.05) is 6.92 Å². The largest absolute Gasteiger partial charge is 0.493 e. The molecule has 1 unspecified atom stereocenters. The predicted molar refractivity (Wildman–Crippen MR) is 76.3 cm³/mol. The lowest BCUT2D eigenvalue weighted by Gasteiger charge is -2.31. The van der Waals surface area contributed by atoms with Crippen LogP contribution in [0.15, 0.2) is 18.2 Å². The van der Waals surface area contributed by atoms with E-state index in [1.807, 2.05) is 11.8 Å². The number of nitrogens with two attached hydrogens (primary N) is 1. The van der Waals surface area contributed by atoms with Gasteiger partial charge in [0.25, 0.3) is 5.91 Å². The van der Waals surface area contributed by atoms with Gasteiger partial charge in [0.05, 0.1) is 12.2 Å². The molecule has 2 N–H and O–H groups in total. The Morgan fingerprint density at radius 2 is 2.32 bits per heavy atom. The first-order valence-electron chi connectivity index (χ1n) is 6.93. The molecular formula is C15H22N2O2. The molecule has 1 heterocycles. The highest BCUT2D eigenvalue weighted by Gasteiger charge is 2.24. The van der Waals surface area contributed by atoms with Gasteiger partial charge in [-0.25, -0.2) is 0 Å². The SMILES string of the molecule is CCOc1ccc(N)cc1C(=O)N1CCCC(C)C1. The fourth-order valence-corrected chi connectivity index (χ4v) is 2.54. The molecule has 0 aliphatic carbocycles. The molecular weight excluding hydrogens is 240 g/mol. The third-order valence-corrected chi connectivity index (χ3v) is 3.48. The second-order valence-corrected chi connectivity index (χ2v) is 5.19. The average molecular weight is 262 g/mol. The van der Waals surface area contributed by atoms with Crippen molar-refractivity contribution in [2.24, 2.45) is 5.92 Å². The molecule has 1 aromatic rings. The van der Waals surface area contributed by atoms with Crippen LogP contribution in [0.4, 0.5) is 5.69 Å². The summed E-state index contributed by atoms with van der Waals surface area (Å²) in [5, 5.41) is 0. The van der Waals surface area contributed by atoms with E-state index in [2.05, 4.69) is 6.92 Å². The van der Waals surface area contributed by atoms with Crippen LogP contribution < -0.4 is 10.5 Å². The average Bonchev–Trinajstić information content (AvgIpc) is 2.40. The van der Waals surface area contributed by atoms with Crippen LogP contribution in [0.2, 0.25) is 0 Å². The molecule has 4 nitrogen and oxygen atoms in total. The molecule has 0 radical (unpaired) electrons. The molecule has 0 saturated carbocycles. The van der Waals surface area contributed by atoms with Crippen LogP contribution in [-0.4, -0.2) is 30.5 Å². The number of piperidine rings is 1. The van der Waals surface area contributed by atoms with Crippen LogP contribution >= 0.6 is 0 Å². The Morgan fingerprint density at radius 3 is 3.00 bits per heavy atom. The first kappa shape index (κ1) is 13.7. The summed E-state index contributed by atoms with van der Waals surface area (Å²) in [5.74, 6) is 1.22. The van der Waals surface area contributed by atoms with Crippen molar-refractivity contribution < 1.29 is 9.53 Å². The third-order valence-electron chi connectivity index (χ3n) is 3.48. The molecule has 1 aliphatic heterocycles. The van der Waals surface area contributed by atoms with Crippen LogP contribution in [0, 0.1) is 5.92 Å². The van der Waals surface area contributed by atoms with E-state index >= 15 is 0 Å². The summed E-state index contributed by atoms with van der Waals surface area (Å²) in [4.78, 5) is 14.5. The van der Waals surface area contributed by atoms with Gasteiger partial charge in [-0.15, -0.1) is 0 Å². The number of amides is 1. The van der Waals surface area contributed by atoms with E-state index in [9.17, 15) is 4.79 Å². The van der Waals surface area contributed by atoms with Gasteiger partial charge in [-0.05, 0) is 43.9 Å². The van der Waals surface area contributed by atoms with Crippen molar-refractivity contribution >= 4 is 11.6 Å². The number of benzene rings is 1. The molecule has 0 spiro atoms. The predicted octanol–water partition coefficient (Wildman–Crippen LogP) is 2.54. The van der Waals surface area contributed by atoms with Crippen molar-refractivity contribution in [3.63, 3.8) is 0 Å². The number of rotatable bonds is 3. The smallest absolute Gasteiger partial charge is 0.257 e. The lowest BCUT2D eigenvalue weighted by atomic mass is 9.99. The highest BCUT2D eigenvalue weighted by Crippen LogP contribution is 2.25. The first-order chi connectivity index (χ1) is 9.11. The zero-order chi connectivity index (χ0) is 13.8. The van der Waals surface area contributed by atoms with E-state index in [1.54, 1.807) is 18.2 Å². The zero-order valence-electron chi connectivity index (χ0n) is 11.7. The van der Waals surface area contributed by atoms with Gasteiger partial charge in [0.1, 0.15) is 5.75 Å². The molecule has 1 fully saturated rings. The second-order valence-electron chi connectivity index (χ2n) is 5.19. The fourth-order valence-electron chi connectivity index (χ4n) is 2.54. The van der Waals surface area contributed by atoms with E-state index in [0.717, 1.165) is 19.5 Å². The molecule has 19 heavy (non-hydrogen) atoms. The molecule has 1 aliphatic rings. The molecule has 2 rings (SSSR count). The van der Waals surface area contributed by atoms with Crippen LogP contribution in [0.1, 0.15) is 37.0 Å². The van der Waals surface area contributed by atoms with Crippen LogP contribution in [0.3, 0.4) is 0 Å². The summed E-state index contributed by atoms with van der Waals surface area (Å²) in [5.41, 5.74) is 6.97. The zero-order valence-corrected chi connectivity index (χ0v) is 11.7. The topological polar surface area (TPSA) is 55.6 Å². The van der Waals surface area contributed by atoms with Crippen LogP contribution in [0.25, 0.3) is 0 Å². The Bertz CT molecular complexity index is 459. The number of ether oxygens (including phenoxy) is 1. The standard InChI is InChI=1S/C15H22N2O2/c1-3-19-14-7-6-12(16)9-13(14)15(18)17-8-4-5-11(2)10-17/h6-7,9,11H,3-5,8,10,16H2,1-2H3. The molecule has 4 heteroatoms. The van der Waals surface area contributed by atoms with Gasteiger partial charge in [0, 0.05) is 18.8 Å². The number of hydrogen-bond donors (Lipinski definition) is 1. The fraction of sp³-hybridized carbons (Fsp3) is 0.533. The Kier molecular flexibility index (Phi) is 4.30. The van der Waals surface area contributed by atoms with Crippen LogP contribution in [0.5, 0.6) is 5.75 Å². The van der Waals surface area contributed by atoms with E-state index in [0.29, 0.717) is 29.5 Å². The van der Waals surface area contributed by atoms with E-state index in [-0.39, 0.29) is 5.91 Å². The number of likely N-dealkylation sites (tertiary alicyclic amines) is 1. The highest BCUT2D eigenvalue weighted by atomic mass is 16.5. The van der Waals surface area contributed by atoms with Crippen LogP contribution in [-0.2, 0) is 0 Å². The molecule has 1 saturated heterocycles. The maximum Gasteiger partial charge on any atom is 0.257 e. The summed E-state index contributed by atoms with van der Waals surface area (Å²) >= 11 is 0. The number of nitrogen functional groups attached to an aromatic ring is 1. The molecule has 0 bridgehead atoms. The normalized spacial score (nSPS) is 19.3. The summed E-state index contributed by atoms with van der Waals surface area (Å²) in [6, 6.07) is 5.26. The van der Waals surface area contributed by atoms with Crippen molar-refractivity contribution in [2.45, 2.75) is 26.7 Å². The summed E-state index contributed by atoms with van der Waals surface area (Å²) in [6.07, 6.45) is 2.26.